The summed E-state index contributed by atoms with van der Waals surface area (Å²) in [5.74, 6) is 0.513. The van der Waals surface area contributed by atoms with Crippen LogP contribution in [0.15, 0.2) is 18.2 Å². The smallest absolute Gasteiger partial charge is 0.251 e. The van der Waals surface area contributed by atoms with Gasteiger partial charge in [0.2, 0.25) is 0 Å². The van der Waals surface area contributed by atoms with Crippen molar-refractivity contribution in [3.63, 3.8) is 0 Å². The van der Waals surface area contributed by atoms with E-state index in [1.165, 1.54) is 19.3 Å². The first-order valence-corrected chi connectivity index (χ1v) is 7.59. The molecule has 1 aromatic rings. The van der Waals surface area contributed by atoms with Crippen LogP contribution in [0, 0.1) is 0 Å². The Morgan fingerprint density at radius 1 is 1.47 bits per heavy atom. The highest BCUT2D eigenvalue weighted by Crippen LogP contribution is 2.42. The van der Waals surface area contributed by atoms with Crippen LogP contribution in [0.3, 0.4) is 0 Å². The summed E-state index contributed by atoms with van der Waals surface area (Å²) in [7, 11) is 1.56. The molecule has 0 aliphatic heterocycles. The zero-order valence-corrected chi connectivity index (χ0v) is 12.2. The number of ether oxygens (including phenoxy) is 1. The van der Waals surface area contributed by atoms with E-state index < -0.39 is 0 Å². The molecule has 1 saturated carbocycles. The van der Waals surface area contributed by atoms with Crippen molar-refractivity contribution in [2.24, 2.45) is 0 Å². The van der Waals surface area contributed by atoms with Crippen molar-refractivity contribution in [2.45, 2.75) is 24.0 Å². The van der Waals surface area contributed by atoms with E-state index in [9.17, 15) is 4.79 Å². The van der Waals surface area contributed by atoms with Crippen molar-refractivity contribution >= 4 is 23.4 Å². The number of carbonyl (C=O) groups excluding carboxylic acids is 1. The fourth-order valence-electron chi connectivity index (χ4n) is 2.24. The standard InChI is InChI=1S/C14H20N2O2S/c1-18-12-7-10(6-11(15)8-12)13(17)16-9-14(19-2)4-3-5-14/h6-8H,3-5,9,15H2,1-2H3,(H,16,17). The first-order chi connectivity index (χ1) is 9.08. The second-order valence-corrected chi connectivity index (χ2v) is 6.19. The number of thioether (sulfide) groups is 1. The summed E-state index contributed by atoms with van der Waals surface area (Å²) in [6.45, 7) is 0.712. The topological polar surface area (TPSA) is 64.3 Å². The van der Waals surface area contributed by atoms with Crippen LogP contribution in [0.4, 0.5) is 5.69 Å². The summed E-state index contributed by atoms with van der Waals surface area (Å²) in [6.07, 6.45) is 5.71. The lowest BCUT2D eigenvalue weighted by molar-refractivity contribution is 0.0943. The largest absolute Gasteiger partial charge is 0.497 e. The fraction of sp³-hybridized carbons (Fsp3) is 0.500. The minimum absolute atomic E-state index is 0.0917. The predicted molar refractivity (Wildman–Crippen MR) is 79.8 cm³/mol. The van der Waals surface area contributed by atoms with Crippen molar-refractivity contribution in [3.8, 4) is 5.75 Å². The van der Waals surface area contributed by atoms with Crippen LogP contribution >= 0.6 is 11.8 Å². The molecule has 1 aliphatic rings. The van der Waals surface area contributed by atoms with E-state index in [2.05, 4.69) is 11.6 Å². The van der Waals surface area contributed by atoms with Crippen molar-refractivity contribution in [3.05, 3.63) is 23.8 Å². The van der Waals surface area contributed by atoms with E-state index in [0.717, 1.165) is 0 Å². The van der Waals surface area contributed by atoms with Crippen LogP contribution in [-0.4, -0.2) is 30.6 Å². The zero-order valence-electron chi connectivity index (χ0n) is 11.4. The van der Waals surface area contributed by atoms with E-state index in [-0.39, 0.29) is 10.7 Å². The SMILES string of the molecule is COc1cc(N)cc(C(=O)NCC2(SC)CCC2)c1. The molecule has 1 amide bonds. The van der Waals surface area contributed by atoms with Crippen LogP contribution in [0.25, 0.3) is 0 Å². The average molecular weight is 280 g/mol. The molecule has 19 heavy (non-hydrogen) atoms. The number of nitrogen functional groups attached to an aromatic ring is 1. The third-order valence-electron chi connectivity index (χ3n) is 3.70. The molecule has 104 valence electrons. The fourth-order valence-corrected chi connectivity index (χ4v) is 3.15. The van der Waals surface area contributed by atoms with E-state index in [1.54, 1.807) is 25.3 Å². The van der Waals surface area contributed by atoms with Gasteiger partial charge in [-0.2, -0.15) is 11.8 Å². The molecule has 5 heteroatoms. The molecule has 0 bridgehead atoms. The summed E-state index contributed by atoms with van der Waals surface area (Å²) in [5.41, 5.74) is 6.84. The van der Waals surface area contributed by atoms with Gasteiger partial charge in [0, 0.05) is 28.6 Å². The van der Waals surface area contributed by atoms with Gasteiger partial charge in [-0.25, -0.2) is 0 Å². The maximum atomic E-state index is 12.1. The number of hydrogen-bond acceptors (Lipinski definition) is 4. The third kappa shape index (κ3) is 3.15. The number of rotatable bonds is 5. The molecule has 0 unspecified atom stereocenters. The van der Waals surface area contributed by atoms with E-state index in [1.807, 2.05) is 11.8 Å². The molecular formula is C14H20N2O2S. The molecule has 1 aromatic carbocycles. The predicted octanol–water partition coefficient (Wildman–Crippen LogP) is 2.29. The Hall–Kier alpha value is -1.36. The highest BCUT2D eigenvalue weighted by atomic mass is 32.2. The second-order valence-electron chi connectivity index (χ2n) is 4.92. The molecule has 1 fully saturated rings. The van der Waals surface area contributed by atoms with Gasteiger partial charge in [0.05, 0.1) is 7.11 Å². The number of anilines is 1. The number of nitrogens with one attached hydrogen (secondary N) is 1. The number of amides is 1. The summed E-state index contributed by atoms with van der Waals surface area (Å²) < 4.78 is 5.36. The number of carbonyl (C=O) groups is 1. The van der Waals surface area contributed by atoms with E-state index in [0.29, 0.717) is 23.5 Å². The number of nitrogens with two attached hydrogens (primary N) is 1. The van der Waals surface area contributed by atoms with Gasteiger partial charge in [0.1, 0.15) is 5.75 Å². The zero-order chi connectivity index (χ0) is 13.9. The highest BCUT2D eigenvalue weighted by molar-refractivity contribution is 8.00. The number of benzene rings is 1. The lowest BCUT2D eigenvalue weighted by atomic mass is 9.84. The van der Waals surface area contributed by atoms with Crippen LogP contribution < -0.4 is 15.8 Å². The number of hydrogen-bond donors (Lipinski definition) is 2. The van der Waals surface area contributed by atoms with Gasteiger partial charge in [0.25, 0.3) is 5.91 Å². The molecule has 2 rings (SSSR count). The molecule has 1 aliphatic carbocycles. The van der Waals surface area contributed by atoms with Crippen LogP contribution in [0.5, 0.6) is 5.75 Å². The maximum Gasteiger partial charge on any atom is 0.251 e. The summed E-state index contributed by atoms with van der Waals surface area (Å²) >= 11 is 1.84. The van der Waals surface area contributed by atoms with E-state index >= 15 is 0 Å². The van der Waals surface area contributed by atoms with Crippen LogP contribution in [0.2, 0.25) is 0 Å². The Morgan fingerprint density at radius 2 is 2.21 bits per heavy atom. The van der Waals surface area contributed by atoms with Crippen molar-refractivity contribution in [1.29, 1.82) is 0 Å². The van der Waals surface area contributed by atoms with Gasteiger partial charge in [-0.05, 0) is 31.2 Å². The summed E-state index contributed by atoms with van der Waals surface area (Å²) in [5, 5.41) is 3.00. The first-order valence-electron chi connectivity index (χ1n) is 6.36. The minimum atomic E-state index is -0.0917. The Balaban J connectivity index is 2.01. The molecule has 0 heterocycles. The molecule has 0 saturated heterocycles. The van der Waals surface area contributed by atoms with Gasteiger partial charge < -0.3 is 15.8 Å². The van der Waals surface area contributed by atoms with Crippen molar-refractivity contribution < 1.29 is 9.53 Å². The summed E-state index contributed by atoms with van der Waals surface area (Å²) in [6, 6.07) is 5.08. The average Bonchev–Trinajstić information content (AvgIpc) is 2.37. The van der Waals surface area contributed by atoms with Gasteiger partial charge in [-0.15, -0.1) is 0 Å². The molecule has 4 nitrogen and oxygen atoms in total. The quantitative estimate of drug-likeness (QED) is 0.812. The van der Waals surface area contributed by atoms with Gasteiger partial charge in [-0.3, -0.25) is 4.79 Å². The third-order valence-corrected chi connectivity index (χ3v) is 5.11. The Labute approximate surface area is 118 Å². The lowest BCUT2D eigenvalue weighted by Gasteiger charge is -2.40. The molecule has 3 N–H and O–H groups in total. The second kappa shape index (κ2) is 5.74. The normalized spacial score (nSPS) is 16.5. The van der Waals surface area contributed by atoms with Gasteiger partial charge >= 0.3 is 0 Å². The van der Waals surface area contributed by atoms with Gasteiger partial charge in [-0.1, -0.05) is 6.42 Å². The maximum absolute atomic E-state index is 12.1. The van der Waals surface area contributed by atoms with E-state index in [4.69, 9.17) is 10.5 Å². The monoisotopic (exact) mass is 280 g/mol. The molecular weight excluding hydrogens is 260 g/mol. The molecule has 0 spiro atoms. The Morgan fingerprint density at radius 3 is 2.74 bits per heavy atom. The van der Waals surface area contributed by atoms with Crippen LogP contribution in [-0.2, 0) is 0 Å². The summed E-state index contributed by atoms with van der Waals surface area (Å²) in [4.78, 5) is 12.1. The minimum Gasteiger partial charge on any atom is -0.497 e. The Bertz CT molecular complexity index is 467. The lowest BCUT2D eigenvalue weighted by Crippen LogP contribution is -2.45. The van der Waals surface area contributed by atoms with Crippen molar-refractivity contribution in [1.82, 2.24) is 5.32 Å². The Kier molecular flexibility index (Phi) is 4.24. The van der Waals surface area contributed by atoms with Crippen LogP contribution in [0.1, 0.15) is 29.6 Å². The van der Waals surface area contributed by atoms with Crippen molar-refractivity contribution in [2.75, 3.05) is 25.6 Å². The molecule has 0 aromatic heterocycles. The highest BCUT2D eigenvalue weighted by Gasteiger charge is 2.36. The first kappa shape index (κ1) is 14.1. The molecule has 0 radical (unpaired) electrons. The number of methoxy groups -OCH3 is 1. The van der Waals surface area contributed by atoms with Gasteiger partial charge in [0.15, 0.2) is 0 Å². The molecule has 0 atom stereocenters.